The first-order valence-electron chi connectivity index (χ1n) is 7.00. The van der Waals surface area contributed by atoms with Crippen LogP contribution in [0.5, 0.6) is 0 Å². The van der Waals surface area contributed by atoms with Crippen molar-refractivity contribution in [2.24, 2.45) is 0 Å². The summed E-state index contributed by atoms with van der Waals surface area (Å²) in [5.41, 5.74) is 1.35. The molecule has 20 heavy (non-hydrogen) atoms. The highest BCUT2D eigenvalue weighted by Gasteiger charge is 2.09. The van der Waals surface area contributed by atoms with E-state index >= 15 is 0 Å². The summed E-state index contributed by atoms with van der Waals surface area (Å²) in [6.45, 7) is 4.13. The summed E-state index contributed by atoms with van der Waals surface area (Å²) in [4.78, 5) is 10.6. The molecule has 0 saturated heterocycles. The zero-order chi connectivity index (χ0) is 14.2. The third-order valence-electron chi connectivity index (χ3n) is 3.46. The number of hydrogen-bond donors (Lipinski definition) is 1. The van der Waals surface area contributed by atoms with E-state index in [1.165, 1.54) is 5.56 Å². The van der Waals surface area contributed by atoms with Gasteiger partial charge in [0.2, 0.25) is 0 Å². The first-order valence-corrected chi connectivity index (χ1v) is 7.00. The number of nitrogens with one attached hydrogen (secondary N) is 1. The van der Waals surface area contributed by atoms with E-state index in [9.17, 15) is 0 Å². The molecule has 0 bridgehead atoms. The minimum atomic E-state index is 0.513. The molecule has 0 fully saturated rings. The highest BCUT2D eigenvalue weighted by atomic mass is 15.1. The Morgan fingerprint density at radius 2 is 2.00 bits per heavy atom. The maximum absolute atomic E-state index is 4.20. The Balaban J connectivity index is 1.73. The van der Waals surface area contributed by atoms with Crippen LogP contribution in [0.15, 0.2) is 48.9 Å². The molecule has 2 aromatic rings. The second-order valence-electron chi connectivity index (χ2n) is 5.06. The quantitative estimate of drug-likeness (QED) is 0.840. The number of benzene rings is 1. The summed E-state index contributed by atoms with van der Waals surface area (Å²) in [6.07, 6.45) is 6.20. The molecule has 1 atom stereocenters. The lowest BCUT2D eigenvalue weighted by Crippen LogP contribution is -2.30. The van der Waals surface area contributed by atoms with E-state index in [0.717, 1.165) is 25.3 Å². The van der Waals surface area contributed by atoms with E-state index in [4.69, 9.17) is 0 Å². The predicted molar refractivity (Wildman–Crippen MR) is 82.5 cm³/mol. The molecular weight excluding hydrogens is 248 g/mol. The molecule has 0 aliphatic carbocycles. The predicted octanol–water partition coefficient (Wildman–Crippen LogP) is 2.80. The maximum atomic E-state index is 4.20. The summed E-state index contributed by atoms with van der Waals surface area (Å²) < 4.78 is 0. The summed E-state index contributed by atoms with van der Waals surface area (Å²) in [7, 11) is 2.17. The fraction of sp³-hybridized carbons (Fsp3) is 0.375. The fourth-order valence-corrected chi connectivity index (χ4v) is 2.05. The fourth-order valence-electron chi connectivity index (χ4n) is 2.05. The highest BCUT2D eigenvalue weighted by molar-refractivity contribution is 5.29. The molecule has 4 heteroatoms. The van der Waals surface area contributed by atoms with E-state index in [1.807, 2.05) is 0 Å². The molecule has 1 unspecified atom stereocenters. The second kappa shape index (κ2) is 7.60. The minimum Gasteiger partial charge on any atom is -0.369 e. The molecule has 0 radical (unpaired) electrons. The van der Waals surface area contributed by atoms with Crippen molar-refractivity contribution in [3.63, 3.8) is 0 Å². The summed E-state index contributed by atoms with van der Waals surface area (Å²) >= 11 is 0. The molecule has 1 N–H and O–H groups in total. The molecule has 0 spiro atoms. The van der Waals surface area contributed by atoms with Crippen LogP contribution in [0.1, 0.15) is 18.9 Å². The van der Waals surface area contributed by atoms with Crippen molar-refractivity contribution in [1.82, 2.24) is 14.9 Å². The van der Waals surface area contributed by atoms with Crippen LogP contribution in [-0.4, -0.2) is 34.5 Å². The molecule has 1 aromatic carbocycles. The van der Waals surface area contributed by atoms with Crippen molar-refractivity contribution >= 4 is 5.82 Å². The highest BCUT2D eigenvalue weighted by Crippen LogP contribution is 2.08. The van der Waals surface area contributed by atoms with E-state index in [2.05, 4.69) is 64.5 Å². The van der Waals surface area contributed by atoms with Crippen molar-refractivity contribution < 1.29 is 0 Å². The standard InChI is InChI=1S/C16H22N4/c1-14(8-9-18-16-12-17-10-11-19-16)20(2)13-15-6-4-3-5-7-15/h3-7,10-12,14H,8-9,13H2,1-2H3,(H,18,19). The number of aromatic nitrogens is 2. The Hall–Kier alpha value is -1.94. The van der Waals surface area contributed by atoms with Gasteiger partial charge in [0.15, 0.2) is 0 Å². The van der Waals surface area contributed by atoms with E-state index < -0.39 is 0 Å². The van der Waals surface area contributed by atoms with E-state index in [-0.39, 0.29) is 0 Å². The van der Waals surface area contributed by atoms with Gasteiger partial charge in [-0.1, -0.05) is 30.3 Å². The van der Waals surface area contributed by atoms with Crippen molar-refractivity contribution in [1.29, 1.82) is 0 Å². The molecule has 2 rings (SSSR count). The first-order chi connectivity index (χ1) is 9.75. The van der Waals surface area contributed by atoms with Gasteiger partial charge in [-0.25, -0.2) is 4.98 Å². The van der Waals surface area contributed by atoms with Gasteiger partial charge in [0.25, 0.3) is 0 Å². The van der Waals surface area contributed by atoms with E-state index in [1.54, 1.807) is 18.6 Å². The minimum absolute atomic E-state index is 0.513. The van der Waals surface area contributed by atoms with Crippen LogP contribution in [0.2, 0.25) is 0 Å². The SMILES string of the molecule is CC(CCNc1cnccn1)N(C)Cc1ccccc1. The lowest BCUT2D eigenvalue weighted by atomic mass is 10.1. The van der Waals surface area contributed by atoms with Gasteiger partial charge in [-0.05, 0) is 26.0 Å². The van der Waals surface area contributed by atoms with Crippen molar-refractivity contribution in [3.05, 3.63) is 54.5 Å². The van der Waals surface area contributed by atoms with E-state index in [0.29, 0.717) is 6.04 Å². The van der Waals surface area contributed by atoms with Gasteiger partial charge in [0, 0.05) is 31.5 Å². The molecule has 0 aliphatic rings. The molecule has 106 valence electrons. The third-order valence-corrected chi connectivity index (χ3v) is 3.46. The maximum Gasteiger partial charge on any atom is 0.144 e. The van der Waals surface area contributed by atoms with Gasteiger partial charge >= 0.3 is 0 Å². The number of rotatable bonds is 7. The smallest absolute Gasteiger partial charge is 0.144 e. The first kappa shape index (κ1) is 14.5. The van der Waals surface area contributed by atoms with Crippen LogP contribution < -0.4 is 5.32 Å². The van der Waals surface area contributed by atoms with Crippen molar-refractivity contribution in [2.45, 2.75) is 25.9 Å². The molecule has 4 nitrogen and oxygen atoms in total. The summed E-state index contributed by atoms with van der Waals surface area (Å²) in [5, 5.41) is 3.29. The molecule has 1 aromatic heterocycles. The van der Waals surface area contributed by atoms with Crippen LogP contribution in [0.4, 0.5) is 5.82 Å². The number of nitrogens with zero attached hydrogens (tertiary/aromatic N) is 3. The number of anilines is 1. The van der Waals surface area contributed by atoms with Crippen LogP contribution in [0.25, 0.3) is 0 Å². The zero-order valence-corrected chi connectivity index (χ0v) is 12.2. The molecule has 0 saturated carbocycles. The average Bonchev–Trinajstić information content (AvgIpc) is 2.49. The van der Waals surface area contributed by atoms with Crippen LogP contribution >= 0.6 is 0 Å². The molecule has 0 aliphatic heterocycles. The average molecular weight is 270 g/mol. The Bertz CT molecular complexity index is 486. The second-order valence-corrected chi connectivity index (χ2v) is 5.06. The lowest BCUT2D eigenvalue weighted by Gasteiger charge is -2.25. The van der Waals surface area contributed by atoms with Crippen LogP contribution in [0, 0.1) is 0 Å². The Morgan fingerprint density at radius 3 is 2.70 bits per heavy atom. The topological polar surface area (TPSA) is 41.1 Å². The zero-order valence-electron chi connectivity index (χ0n) is 12.2. The van der Waals surface area contributed by atoms with Gasteiger partial charge in [-0.2, -0.15) is 0 Å². The molecule has 1 heterocycles. The third kappa shape index (κ3) is 4.63. The van der Waals surface area contributed by atoms with Gasteiger partial charge in [0.1, 0.15) is 5.82 Å². The monoisotopic (exact) mass is 270 g/mol. The lowest BCUT2D eigenvalue weighted by molar-refractivity contribution is 0.242. The van der Waals surface area contributed by atoms with Gasteiger partial charge < -0.3 is 5.32 Å². The molecular formula is C16H22N4. The van der Waals surface area contributed by atoms with Crippen molar-refractivity contribution in [3.8, 4) is 0 Å². The Kier molecular flexibility index (Phi) is 5.50. The normalized spacial score (nSPS) is 12.3. The summed E-state index contributed by atoms with van der Waals surface area (Å²) in [6, 6.07) is 11.1. The van der Waals surface area contributed by atoms with Crippen LogP contribution in [-0.2, 0) is 6.54 Å². The Labute approximate surface area is 120 Å². The number of hydrogen-bond acceptors (Lipinski definition) is 4. The largest absolute Gasteiger partial charge is 0.369 e. The molecule has 0 amide bonds. The van der Waals surface area contributed by atoms with Gasteiger partial charge in [-0.15, -0.1) is 0 Å². The Morgan fingerprint density at radius 1 is 1.20 bits per heavy atom. The summed E-state index contributed by atoms with van der Waals surface area (Å²) in [5.74, 6) is 0.838. The van der Waals surface area contributed by atoms with Gasteiger partial charge in [-0.3, -0.25) is 9.88 Å². The van der Waals surface area contributed by atoms with Crippen molar-refractivity contribution in [2.75, 3.05) is 18.9 Å². The van der Waals surface area contributed by atoms with Crippen LogP contribution in [0.3, 0.4) is 0 Å². The van der Waals surface area contributed by atoms with Gasteiger partial charge in [0.05, 0.1) is 6.20 Å².